The summed E-state index contributed by atoms with van der Waals surface area (Å²) in [4.78, 5) is 12.2. The highest BCUT2D eigenvalue weighted by atomic mass is 32.1. The molecule has 3 N–H and O–H groups in total. The van der Waals surface area contributed by atoms with Gasteiger partial charge in [0.15, 0.2) is 5.82 Å². The van der Waals surface area contributed by atoms with Gasteiger partial charge in [0.1, 0.15) is 10.7 Å². The maximum Gasteiger partial charge on any atom is 0.152 e. The maximum absolute atomic E-state index is 5.51. The van der Waals surface area contributed by atoms with Gasteiger partial charge in [-0.25, -0.2) is 15.8 Å². The third kappa shape index (κ3) is 2.95. The minimum Gasteiger partial charge on any atom is -0.308 e. The van der Waals surface area contributed by atoms with Gasteiger partial charge in [-0.15, -0.1) is 11.3 Å². The molecule has 18 heavy (non-hydrogen) atoms. The average molecular weight is 265 g/mol. The molecule has 0 spiro atoms. The fourth-order valence-corrected chi connectivity index (χ4v) is 2.79. The fourth-order valence-electron chi connectivity index (χ4n) is 2.01. The minimum absolute atomic E-state index is 0.632. The van der Waals surface area contributed by atoms with E-state index in [0.717, 1.165) is 29.1 Å². The summed E-state index contributed by atoms with van der Waals surface area (Å²) in [6.45, 7) is 6.16. The van der Waals surface area contributed by atoms with E-state index in [0.29, 0.717) is 11.7 Å². The normalized spacial score (nSPS) is 11.7. The number of hydrogen-bond acceptors (Lipinski definition) is 6. The molecule has 2 rings (SSSR count). The number of thiophene rings is 1. The van der Waals surface area contributed by atoms with Crippen molar-refractivity contribution in [1.29, 1.82) is 0 Å². The molecule has 0 saturated heterocycles. The number of nitrogens with zero attached hydrogens (tertiary/aromatic N) is 3. The van der Waals surface area contributed by atoms with E-state index >= 15 is 0 Å². The zero-order valence-electron chi connectivity index (χ0n) is 11.0. The van der Waals surface area contributed by atoms with Crippen LogP contribution in [-0.4, -0.2) is 28.5 Å². The minimum atomic E-state index is 0.632. The van der Waals surface area contributed by atoms with Crippen LogP contribution in [0.5, 0.6) is 0 Å². The predicted octanol–water partition coefficient (Wildman–Crippen LogP) is 2.06. The maximum atomic E-state index is 5.51. The summed E-state index contributed by atoms with van der Waals surface area (Å²) in [5, 5.41) is 2.99. The van der Waals surface area contributed by atoms with Gasteiger partial charge in [-0.2, -0.15) is 0 Å². The van der Waals surface area contributed by atoms with Crippen LogP contribution in [0.25, 0.3) is 10.2 Å². The Bertz CT molecular complexity index is 522. The second-order valence-corrected chi connectivity index (χ2v) is 5.76. The number of rotatable bonds is 5. The van der Waals surface area contributed by atoms with Crippen LogP contribution in [0.2, 0.25) is 0 Å². The van der Waals surface area contributed by atoms with Crippen LogP contribution < -0.4 is 11.3 Å². The van der Waals surface area contributed by atoms with E-state index in [1.165, 1.54) is 0 Å². The van der Waals surface area contributed by atoms with Crippen LogP contribution in [0.3, 0.4) is 0 Å². The van der Waals surface area contributed by atoms with E-state index in [1.54, 1.807) is 11.3 Å². The van der Waals surface area contributed by atoms with Gasteiger partial charge in [0, 0.05) is 6.54 Å². The van der Waals surface area contributed by atoms with Gasteiger partial charge < -0.3 is 5.43 Å². The summed E-state index contributed by atoms with van der Waals surface area (Å²) in [5.41, 5.74) is 2.65. The molecule has 6 heteroatoms. The number of nitrogens with one attached hydrogen (secondary N) is 1. The lowest BCUT2D eigenvalue weighted by Gasteiger charge is -2.18. The molecule has 0 aliphatic carbocycles. The molecular formula is C12H19N5S. The van der Waals surface area contributed by atoms with Crippen molar-refractivity contribution in [1.82, 2.24) is 14.9 Å². The van der Waals surface area contributed by atoms with Crippen molar-refractivity contribution in [3.8, 4) is 0 Å². The highest BCUT2D eigenvalue weighted by molar-refractivity contribution is 7.16. The second kappa shape index (κ2) is 5.60. The van der Waals surface area contributed by atoms with E-state index in [2.05, 4.69) is 41.2 Å². The monoisotopic (exact) mass is 265 g/mol. The number of fused-ring (bicyclic) bond motifs is 1. The fraction of sp³-hybridized carbons (Fsp3) is 0.500. The first-order valence-electron chi connectivity index (χ1n) is 5.99. The molecule has 0 aromatic carbocycles. The SMILES string of the molecule is CC(C)CN(C)Cc1nc(NN)c2ccsc2n1. The van der Waals surface area contributed by atoms with Gasteiger partial charge in [-0.1, -0.05) is 13.8 Å². The van der Waals surface area contributed by atoms with Crippen molar-refractivity contribution in [2.24, 2.45) is 11.8 Å². The van der Waals surface area contributed by atoms with Crippen molar-refractivity contribution in [2.45, 2.75) is 20.4 Å². The molecule has 2 aromatic heterocycles. The number of aromatic nitrogens is 2. The lowest BCUT2D eigenvalue weighted by atomic mass is 10.2. The molecule has 0 radical (unpaired) electrons. The van der Waals surface area contributed by atoms with Crippen LogP contribution >= 0.6 is 11.3 Å². The highest BCUT2D eigenvalue weighted by Gasteiger charge is 2.10. The van der Waals surface area contributed by atoms with Gasteiger partial charge in [0.05, 0.1) is 11.9 Å². The van der Waals surface area contributed by atoms with Crippen molar-refractivity contribution >= 4 is 27.4 Å². The van der Waals surface area contributed by atoms with Crippen LogP contribution in [0.4, 0.5) is 5.82 Å². The third-order valence-corrected chi connectivity index (χ3v) is 3.40. The van der Waals surface area contributed by atoms with E-state index < -0.39 is 0 Å². The van der Waals surface area contributed by atoms with Gasteiger partial charge in [-0.3, -0.25) is 4.90 Å². The molecular weight excluding hydrogens is 246 g/mol. The van der Waals surface area contributed by atoms with Crippen LogP contribution in [0, 0.1) is 5.92 Å². The topological polar surface area (TPSA) is 67.1 Å². The Balaban J connectivity index is 2.22. The Morgan fingerprint density at radius 2 is 2.22 bits per heavy atom. The molecule has 0 aliphatic rings. The zero-order chi connectivity index (χ0) is 13.1. The summed E-state index contributed by atoms with van der Waals surface area (Å²) in [7, 11) is 2.08. The number of nitrogens with two attached hydrogens (primary N) is 1. The smallest absolute Gasteiger partial charge is 0.152 e. The van der Waals surface area contributed by atoms with Gasteiger partial charge in [0.25, 0.3) is 0 Å². The third-order valence-electron chi connectivity index (χ3n) is 2.60. The van der Waals surface area contributed by atoms with Gasteiger partial charge in [-0.05, 0) is 24.4 Å². The van der Waals surface area contributed by atoms with Crippen molar-refractivity contribution < 1.29 is 0 Å². The highest BCUT2D eigenvalue weighted by Crippen LogP contribution is 2.24. The average Bonchev–Trinajstić information content (AvgIpc) is 2.74. The van der Waals surface area contributed by atoms with E-state index in [-0.39, 0.29) is 0 Å². The zero-order valence-corrected chi connectivity index (χ0v) is 11.8. The molecule has 5 nitrogen and oxygen atoms in total. The Morgan fingerprint density at radius 3 is 2.89 bits per heavy atom. The lowest BCUT2D eigenvalue weighted by molar-refractivity contribution is 0.282. The molecule has 98 valence electrons. The summed E-state index contributed by atoms with van der Waals surface area (Å²) in [5.74, 6) is 7.65. The Morgan fingerprint density at radius 1 is 1.44 bits per heavy atom. The molecule has 0 fully saturated rings. The predicted molar refractivity (Wildman–Crippen MR) is 76.4 cm³/mol. The van der Waals surface area contributed by atoms with Gasteiger partial charge >= 0.3 is 0 Å². The first-order chi connectivity index (χ1) is 8.60. The Labute approximate surface area is 111 Å². The largest absolute Gasteiger partial charge is 0.308 e. The molecule has 2 aromatic rings. The van der Waals surface area contributed by atoms with Crippen LogP contribution in [-0.2, 0) is 6.54 Å². The lowest BCUT2D eigenvalue weighted by Crippen LogP contribution is -2.24. The molecule has 2 heterocycles. The number of nitrogen functional groups attached to an aromatic ring is 1. The van der Waals surface area contributed by atoms with Crippen molar-refractivity contribution in [3.05, 3.63) is 17.3 Å². The molecule has 0 aliphatic heterocycles. The number of hydrogen-bond donors (Lipinski definition) is 2. The first-order valence-corrected chi connectivity index (χ1v) is 6.87. The van der Waals surface area contributed by atoms with Crippen molar-refractivity contribution in [3.63, 3.8) is 0 Å². The second-order valence-electron chi connectivity index (χ2n) is 4.86. The summed E-state index contributed by atoms with van der Waals surface area (Å²) >= 11 is 1.61. The quantitative estimate of drug-likeness (QED) is 0.640. The van der Waals surface area contributed by atoms with E-state index in [1.807, 2.05) is 11.4 Å². The summed E-state index contributed by atoms with van der Waals surface area (Å²) in [6.07, 6.45) is 0. The van der Waals surface area contributed by atoms with E-state index in [9.17, 15) is 0 Å². The van der Waals surface area contributed by atoms with Crippen LogP contribution in [0.15, 0.2) is 11.4 Å². The number of hydrazine groups is 1. The summed E-state index contributed by atoms with van der Waals surface area (Å²) < 4.78 is 0. The van der Waals surface area contributed by atoms with Crippen LogP contribution in [0.1, 0.15) is 19.7 Å². The molecule has 0 bridgehead atoms. The standard InChI is InChI=1S/C12H19N5S/c1-8(2)6-17(3)7-10-14-11(16-13)9-4-5-18-12(9)15-10/h4-5,8H,6-7,13H2,1-3H3,(H,14,15,16). The molecule has 0 amide bonds. The van der Waals surface area contributed by atoms with Crippen molar-refractivity contribution in [2.75, 3.05) is 19.0 Å². The molecule has 0 unspecified atom stereocenters. The first kappa shape index (κ1) is 13.2. The van der Waals surface area contributed by atoms with E-state index in [4.69, 9.17) is 5.84 Å². The Hall–Kier alpha value is -1.24. The molecule has 0 saturated carbocycles. The number of anilines is 1. The Kier molecular flexibility index (Phi) is 4.11. The van der Waals surface area contributed by atoms with Gasteiger partial charge in [0.2, 0.25) is 0 Å². The molecule has 0 atom stereocenters. The summed E-state index contributed by atoms with van der Waals surface area (Å²) in [6, 6.07) is 1.98.